The summed E-state index contributed by atoms with van der Waals surface area (Å²) in [6, 6.07) is 10.5. The first-order valence-corrected chi connectivity index (χ1v) is 11.5. The second-order valence-corrected chi connectivity index (χ2v) is 9.07. The van der Waals surface area contributed by atoms with Crippen molar-refractivity contribution >= 4 is 22.5 Å². The lowest BCUT2D eigenvalue weighted by atomic mass is 9.85. The largest absolute Gasteiger partial charge is 0.370 e. The monoisotopic (exact) mass is 417 g/mol. The van der Waals surface area contributed by atoms with Crippen LogP contribution in [0, 0.1) is 5.92 Å². The number of rotatable bonds is 8. The van der Waals surface area contributed by atoms with E-state index in [0.717, 1.165) is 54.6 Å². The lowest BCUT2D eigenvalue weighted by Crippen LogP contribution is -2.26. The molecule has 5 rings (SSSR count). The highest BCUT2D eigenvalue weighted by Crippen LogP contribution is 2.26. The number of amides is 1. The van der Waals surface area contributed by atoms with Crippen LogP contribution < -0.4 is 16.0 Å². The van der Waals surface area contributed by atoms with Gasteiger partial charge in [0.2, 0.25) is 0 Å². The third kappa shape index (κ3) is 4.44. The number of primary amides is 1. The van der Waals surface area contributed by atoms with E-state index in [-0.39, 0.29) is 0 Å². The highest BCUT2D eigenvalue weighted by molar-refractivity contribution is 5.95. The Balaban J connectivity index is 1.31. The maximum absolute atomic E-state index is 12.1. The molecule has 0 bridgehead atoms. The van der Waals surface area contributed by atoms with Crippen molar-refractivity contribution in [3.8, 4) is 0 Å². The van der Waals surface area contributed by atoms with E-state index in [2.05, 4.69) is 44.5 Å². The van der Waals surface area contributed by atoms with Gasteiger partial charge in [-0.3, -0.25) is 9.78 Å². The van der Waals surface area contributed by atoms with Gasteiger partial charge in [-0.05, 0) is 67.3 Å². The Hall–Kier alpha value is -2.86. The molecule has 0 radical (unpaired) electrons. The van der Waals surface area contributed by atoms with E-state index in [0.29, 0.717) is 12.0 Å². The Labute approximate surface area is 183 Å². The number of hydrogen-bond donors (Lipinski definition) is 3. The minimum atomic E-state index is -0.413. The zero-order valence-corrected chi connectivity index (χ0v) is 18.0. The van der Waals surface area contributed by atoms with Crippen molar-refractivity contribution in [2.75, 3.05) is 24.5 Å². The Bertz CT molecular complexity index is 1080. The van der Waals surface area contributed by atoms with Crippen LogP contribution in [0.4, 0.5) is 5.69 Å². The van der Waals surface area contributed by atoms with Gasteiger partial charge in [-0.25, -0.2) is 0 Å². The Morgan fingerprint density at radius 2 is 2.00 bits per heavy atom. The number of nitrogens with one attached hydrogen (secondary N) is 2. The molecule has 2 aliphatic rings. The van der Waals surface area contributed by atoms with E-state index in [9.17, 15) is 4.79 Å². The van der Waals surface area contributed by atoms with Crippen molar-refractivity contribution in [2.24, 2.45) is 11.7 Å². The number of hydrogen-bond acceptors (Lipinski definition) is 4. The highest BCUT2D eigenvalue weighted by atomic mass is 16.1. The number of nitrogens with zero attached hydrogens (tertiary/aromatic N) is 2. The molecule has 31 heavy (non-hydrogen) atoms. The van der Waals surface area contributed by atoms with E-state index < -0.39 is 5.91 Å². The number of pyridine rings is 1. The van der Waals surface area contributed by atoms with Crippen LogP contribution >= 0.6 is 0 Å². The molecule has 3 aromatic rings. The summed E-state index contributed by atoms with van der Waals surface area (Å²) >= 11 is 0. The lowest BCUT2D eigenvalue weighted by Gasteiger charge is -2.25. The molecule has 1 saturated heterocycles. The average molecular weight is 418 g/mol. The molecule has 6 nitrogen and oxygen atoms in total. The van der Waals surface area contributed by atoms with Crippen LogP contribution in [-0.4, -0.2) is 35.5 Å². The van der Waals surface area contributed by atoms with E-state index in [4.69, 9.17) is 5.73 Å². The van der Waals surface area contributed by atoms with Crippen LogP contribution in [0.25, 0.3) is 10.9 Å². The molecule has 4 N–H and O–H groups in total. The van der Waals surface area contributed by atoms with Crippen molar-refractivity contribution in [3.63, 3.8) is 0 Å². The van der Waals surface area contributed by atoms with Crippen molar-refractivity contribution in [3.05, 3.63) is 59.0 Å². The fraction of sp³-hybridized carbons (Fsp3) is 0.440. The molecular weight excluding hydrogens is 386 g/mol. The van der Waals surface area contributed by atoms with Crippen LogP contribution in [0.15, 0.2) is 36.5 Å². The second-order valence-electron chi connectivity index (χ2n) is 9.07. The van der Waals surface area contributed by atoms with Crippen molar-refractivity contribution < 1.29 is 4.79 Å². The van der Waals surface area contributed by atoms with Crippen LogP contribution in [0.3, 0.4) is 0 Å². The van der Waals surface area contributed by atoms with E-state index >= 15 is 0 Å². The summed E-state index contributed by atoms with van der Waals surface area (Å²) in [6.07, 6.45) is 8.94. The molecule has 3 heterocycles. The first-order valence-electron chi connectivity index (χ1n) is 11.5. The topological polar surface area (TPSA) is 87.0 Å². The second kappa shape index (κ2) is 8.71. The number of aromatic amines is 1. The average Bonchev–Trinajstić information content (AvgIpc) is 3.39. The number of benzene rings is 1. The van der Waals surface area contributed by atoms with E-state index in [1.807, 2.05) is 12.3 Å². The zero-order valence-electron chi connectivity index (χ0n) is 18.0. The molecule has 1 saturated carbocycles. The number of H-pyrrole nitrogens is 1. The van der Waals surface area contributed by atoms with Crippen LogP contribution in [0.1, 0.15) is 59.4 Å². The van der Waals surface area contributed by atoms with Crippen molar-refractivity contribution in [2.45, 2.75) is 45.1 Å². The molecule has 0 atom stereocenters. The third-order valence-corrected chi connectivity index (χ3v) is 6.78. The quantitative estimate of drug-likeness (QED) is 0.521. The predicted octanol–water partition coefficient (Wildman–Crippen LogP) is 3.74. The summed E-state index contributed by atoms with van der Waals surface area (Å²) < 4.78 is 0. The number of anilines is 1. The van der Waals surface area contributed by atoms with Gasteiger partial charge in [-0.15, -0.1) is 0 Å². The van der Waals surface area contributed by atoms with Gasteiger partial charge in [-0.2, -0.15) is 0 Å². The molecule has 0 unspecified atom stereocenters. The van der Waals surface area contributed by atoms with Gasteiger partial charge < -0.3 is 20.9 Å². The van der Waals surface area contributed by atoms with Crippen LogP contribution in [-0.2, 0) is 13.0 Å². The fourth-order valence-corrected chi connectivity index (χ4v) is 4.73. The van der Waals surface area contributed by atoms with Gasteiger partial charge in [0.25, 0.3) is 5.91 Å². The summed E-state index contributed by atoms with van der Waals surface area (Å²) in [5.41, 5.74) is 11.4. The first kappa shape index (κ1) is 20.1. The van der Waals surface area contributed by atoms with E-state index in [1.54, 1.807) is 0 Å². The molecule has 1 amide bonds. The Kier molecular flexibility index (Phi) is 5.64. The highest BCUT2D eigenvalue weighted by Gasteiger charge is 2.18. The molecule has 1 aliphatic heterocycles. The number of nitrogens with two attached hydrogens (primary N) is 1. The number of carbonyl (C=O) groups excluding carboxylic acids is 1. The molecule has 6 heteroatoms. The van der Waals surface area contributed by atoms with Gasteiger partial charge in [0.1, 0.15) is 0 Å². The maximum atomic E-state index is 12.1. The molecule has 2 aromatic heterocycles. The molecule has 162 valence electrons. The Morgan fingerprint density at radius 3 is 2.74 bits per heavy atom. The van der Waals surface area contributed by atoms with E-state index in [1.165, 1.54) is 43.2 Å². The fourth-order valence-electron chi connectivity index (χ4n) is 4.73. The molecular formula is C25H31N5O. The van der Waals surface area contributed by atoms with Gasteiger partial charge in [0.05, 0.1) is 23.1 Å². The normalized spacial score (nSPS) is 16.7. The standard InChI is InChI=1S/C25H31N5O/c26-25(31)22-13-21(30-8-1-2-9-30)16-28-24(22)11-18-6-7-19-12-20(29-23(19)10-18)15-27-14-17-4-3-5-17/h6-7,10,12-13,16-17,27,29H,1-5,8-9,11,14-15H2,(H2,26,31). The van der Waals surface area contributed by atoms with Crippen molar-refractivity contribution in [1.29, 1.82) is 0 Å². The predicted molar refractivity (Wildman–Crippen MR) is 124 cm³/mol. The zero-order chi connectivity index (χ0) is 21.2. The van der Waals surface area contributed by atoms with Crippen molar-refractivity contribution in [1.82, 2.24) is 15.3 Å². The smallest absolute Gasteiger partial charge is 0.250 e. The minimum absolute atomic E-state index is 0.413. The number of aromatic nitrogens is 2. The van der Waals surface area contributed by atoms with Crippen LogP contribution in [0.2, 0.25) is 0 Å². The molecule has 2 fully saturated rings. The Morgan fingerprint density at radius 1 is 1.16 bits per heavy atom. The van der Waals surface area contributed by atoms with Crippen LogP contribution in [0.5, 0.6) is 0 Å². The van der Waals surface area contributed by atoms with Gasteiger partial charge in [0, 0.05) is 37.3 Å². The van der Waals surface area contributed by atoms with Gasteiger partial charge in [-0.1, -0.05) is 18.6 Å². The number of fused-ring (bicyclic) bond motifs is 1. The molecule has 1 aromatic carbocycles. The molecule has 1 aliphatic carbocycles. The summed E-state index contributed by atoms with van der Waals surface area (Å²) in [5, 5.41) is 4.78. The third-order valence-electron chi connectivity index (χ3n) is 6.78. The lowest BCUT2D eigenvalue weighted by molar-refractivity contribution is 0.0999. The summed E-state index contributed by atoms with van der Waals surface area (Å²) in [7, 11) is 0. The summed E-state index contributed by atoms with van der Waals surface area (Å²) in [5.74, 6) is 0.448. The van der Waals surface area contributed by atoms with Gasteiger partial charge in [0.15, 0.2) is 0 Å². The summed E-state index contributed by atoms with van der Waals surface area (Å²) in [6.45, 7) is 4.00. The maximum Gasteiger partial charge on any atom is 0.250 e. The SMILES string of the molecule is NC(=O)c1cc(N2CCCC2)cnc1Cc1ccc2cc(CNCC3CCC3)[nH]c2c1. The number of carbonyl (C=O) groups is 1. The minimum Gasteiger partial charge on any atom is -0.370 e. The molecule has 0 spiro atoms. The first-order chi connectivity index (χ1) is 15.2. The summed E-state index contributed by atoms with van der Waals surface area (Å²) in [4.78, 5) is 22.6. The van der Waals surface area contributed by atoms with Gasteiger partial charge >= 0.3 is 0 Å².